The molecule has 0 spiro atoms. The zero-order valence-electron chi connectivity index (χ0n) is 13.7. The van der Waals surface area contributed by atoms with Gasteiger partial charge in [-0.05, 0) is 21.9 Å². The van der Waals surface area contributed by atoms with Crippen LogP contribution < -0.4 is 0 Å². The standard InChI is InChI=1S/C17H35Si/c1-16(2,3)15(17(4,5)6)18-14-12-10-8-7-9-11-13-14/h15H,7-13,18H2,1-6H3. The Labute approximate surface area is 118 Å². The molecular formula is C17H35Si. The molecule has 0 unspecified atom stereocenters. The van der Waals surface area contributed by atoms with Crippen molar-refractivity contribution in [1.29, 1.82) is 0 Å². The van der Waals surface area contributed by atoms with Gasteiger partial charge in [0.15, 0.2) is 0 Å². The van der Waals surface area contributed by atoms with E-state index in [1.807, 2.05) is 5.54 Å². The summed E-state index contributed by atoms with van der Waals surface area (Å²) in [6.07, 6.45) is 10.3. The van der Waals surface area contributed by atoms with Gasteiger partial charge in [-0.3, -0.25) is 0 Å². The van der Waals surface area contributed by atoms with Crippen LogP contribution in [0.3, 0.4) is 0 Å². The molecule has 0 aromatic carbocycles. The maximum Gasteiger partial charge on any atom is 0.0319 e. The first-order valence-corrected chi connectivity index (χ1v) is 9.57. The van der Waals surface area contributed by atoms with Crippen LogP contribution in [-0.2, 0) is 0 Å². The van der Waals surface area contributed by atoms with Gasteiger partial charge in [0.25, 0.3) is 0 Å². The summed E-state index contributed by atoms with van der Waals surface area (Å²) >= 11 is 0. The van der Waals surface area contributed by atoms with E-state index in [9.17, 15) is 0 Å². The SMILES string of the molecule is CC(C)(C)C([SiH2][C]1CCCCCCC1)C(C)(C)C. The highest BCUT2D eigenvalue weighted by Crippen LogP contribution is 2.46. The molecule has 1 fully saturated rings. The molecule has 0 aromatic heterocycles. The van der Waals surface area contributed by atoms with Crippen LogP contribution in [0.4, 0.5) is 0 Å². The summed E-state index contributed by atoms with van der Waals surface area (Å²) in [7, 11) is -0.0498. The van der Waals surface area contributed by atoms with E-state index in [4.69, 9.17) is 0 Å². The molecule has 1 aliphatic carbocycles. The van der Waals surface area contributed by atoms with E-state index in [2.05, 4.69) is 41.5 Å². The fourth-order valence-electron chi connectivity index (χ4n) is 3.81. The molecule has 18 heavy (non-hydrogen) atoms. The molecule has 1 radical (unpaired) electrons. The van der Waals surface area contributed by atoms with Crippen LogP contribution in [0.2, 0.25) is 5.54 Å². The van der Waals surface area contributed by atoms with Gasteiger partial charge in [-0.15, -0.1) is 0 Å². The summed E-state index contributed by atoms with van der Waals surface area (Å²) in [5.41, 5.74) is 3.92. The van der Waals surface area contributed by atoms with Crippen molar-refractivity contribution in [1.82, 2.24) is 0 Å². The molecule has 0 atom stereocenters. The Hall–Kier alpha value is 0.217. The first-order chi connectivity index (χ1) is 8.21. The van der Waals surface area contributed by atoms with E-state index in [1.165, 1.54) is 44.9 Å². The lowest BCUT2D eigenvalue weighted by Crippen LogP contribution is -2.34. The van der Waals surface area contributed by atoms with Gasteiger partial charge < -0.3 is 0 Å². The lowest BCUT2D eigenvalue weighted by atomic mass is 9.77. The second-order valence-electron chi connectivity index (χ2n) is 8.51. The zero-order chi connectivity index (χ0) is 13.8. The molecule has 1 saturated carbocycles. The van der Waals surface area contributed by atoms with Gasteiger partial charge >= 0.3 is 0 Å². The Bertz CT molecular complexity index is 209. The van der Waals surface area contributed by atoms with E-state index in [1.54, 1.807) is 0 Å². The third-order valence-electron chi connectivity index (χ3n) is 4.64. The highest BCUT2D eigenvalue weighted by atomic mass is 28.2. The molecule has 0 saturated heterocycles. The number of hydrogen-bond donors (Lipinski definition) is 0. The minimum absolute atomic E-state index is 0.0498. The summed E-state index contributed by atoms with van der Waals surface area (Å²) in [6, 6.07) is 0. The van der Waals surface area contributed by atoms with Crippen molar-refractivity contribution in [2.75, 3.05) is 0 Å². The van der Waals surface area contributed by atoms with Gasteiger partial charge in [-0.2, -0.15) is 0 Å². The third kappa shape index (κ3) is 5.46. The maximum atomic E-state index is 2.46. The molecule has 107 valence electrons. The topological polar surface area (TPSA) is 0 Å². The first kappa shape index (κ1) is 16.3. The van der Waals surface area contributed by atoms with Crippen LogP contribution in [-0.4, -0.2) is 9.52 Å². The Morgan fingerprint density at radius 3 is 1.50 bits per heavy atom. The van der Waals surface area contributed by atoms with Gasteiger partial charge in [0, 0.05) is 9.52 Å². The Morgan fingerprint density at radius 1 is 0.722 bits per heavy atom. The predicted octanol–water partition coefficient (Wildman–Crippen LogP) is 5.31. The van der Waals surface area contributed by atoms with Gasteiger partial charge in [-0.1, -0.05) is 86.5 Å². The van der Waals surface area contributed by atoms with Crippen molar-refractivity contribution in [3.8, 4) is 0 Å². The second kappa shape index (κ2) is 6.59. The van der Waals surface area contributed by atoms with E-state index in [0.717, 1.165) is 5.54 Å². The lowest BCUT2D eigenvalue weighted by Gasteiger charge is -2.42. The van der Waals surface area contributed by atoms with Crippen LogP contribution in [0.5, 0.6) is 0 Å². The average molecular weight is 268 g/mol. The average Bonchev–Trinajstić information content (AvgIpc) is 2.11. The van der Waals surface area contributed by atoms with Crippen LogP contribution >= 0.6 is 0 Å². The van der Waals surface area contributed by atoms with E-state index in [0.29, 0.717) is 10.8 Å². The van der Waals surface area contributed by atoms with Crippen LogP contribution in [0.25, 0.3) is 0 Å². The van der Waals surface area contributed by atoms with Gasteiger partial charge in [0.2, 0.25) is 0 Å². The fourth-order valence-corrected chi connectivity index (χ4v) is 6.52. The molecule has 0 amide bonds. The zero-order valence-corrected chi connectivity index (χ0v) is 15.1. The van der Waals surface area contributed by atoms with E-state index < -0.39 is 0 Å². The molecule has 1 aliphatic rings. The number of hydrogen-bond acceptors (Lipinski definition) is 0. The molecule has 1 heteroatoms. The minimum Gasteiger partial charge on any atom is -0.0602 e. The monoisotopic (exact) mass is 267 g/mol. The largest absolute Gasteiger partial charge is 0.0602 e. The van der Waals surface area contributed by atoms with Crippen molar-refractivity contribution < 1.29 is 0 Å². The lowest BCUT2D eigenvalue weighted by molar-refractivity contribution is 0.231. The molecule has 0 heterocycles. The quantitative estimate of drug-likeness (QED) is 0.595. The molecular weight excluding hydrogens is 232 g/mol. The number of rotatable bonds is 2. The highest BCUT2D eigenvalue weighted by Gasteiger charge is 2.36. The van der Waals surface area contributed by atoms with Gasteiger partial charge in [0.05, 0.1) is 0 Å². The summed E-state index contributed by atoms with van der Waals surface area (Å²) in [5.74, 6) is 0. The Morgan fingerprint density at radius 2 is 1.11 bits per heavy atom. The molecule has 0 nitrogen and oxygen atoms in total. The summed E-state index contributed by atoms with van der Waals surface area (Å²) in [6.45, 7) is 14.7. The van der Waals surface area contributed by atoms with Crippen molar-refractivity contribution in [3.63, 3.8) is 0 Å². The van der Waals surface area contributed by atoms with Crippen molar-refractivity contribution in [2.45, 2.75) is 92.0 Å². The van der Waals surface area contributed by atoms with Crippen molar-refractivity contribution in [2.24, 2.45) is 10.8 Å². The van der Waals surface area contributed by atoms with E-state index >= 15 is 0 Å². The minimum atomic E-state index is -0.0498. The third-order valence-corrected chi connectivity index (χ3v) is 8.79. The smallest absolute Gasteiger partial charge is 0.0319 e. The first-order valence-electron chi connectivity index (χ1n) is 8.05. The summed E-state index contributed by atoms with van der Waals surface area (Å²) < 4.78 is 0. The summed E-state index contributed by atoms with van der Waals surface area (Å²) in [4.78, 5) is 0. The fraction of sp³-hybridized carbons (Fsp3) is 0.941. The van der Waals surface area contributed by atoms with Crippen LogP contribution in [0, 0.1) is 16.4 Å². The van der Waals surface area contributed by atoms with Crippen LogP contribution in [0.1, 0.15) is 86.5 Å². The van der Waals surface area contributed by atoms with Crippen molar-refractivity contribution >= 4 is 9.52 Å². The van der Waals surface area contributed by atoms with E-state index in [-0.39, 0.29) is 9.52 Å². The highest BCUT2D eigenvalue weighted by molar-refractivity contribution is 6.45. The molecule has 0 N–H and O–H groups in total. The van der Waals surface area contributed by atoms with Crippen molar-refractivity contribution in [3.05, 3.63) is 5.54 Å². The molecule has 0 aliphatic heterocycles. The van der Waals surface area contributed by atoms with Crippen LogP contribution in [0.15, 0.2) is 0 Å². The van der Waals surface area contributed by atoms with Gasteiger partial charge in [0.1, 0.15) is 0 Å². The summed E-state index contributed by atoms with van der Waals surface area (Å²) in [5, 5.41) is 0. The second-order valence-corrected chi connectivity index (χ2v) is 10.7. The predicted molar refractivity (Wildman–Crippen MR) is 86.8 cm³/mol. The maximum absolute atomic E-state index is 2.46. The van der Waals surface area contributed by atoms with Gasteiger partial charge in [-0.25, -0.2) is 0 Å². The molecule has 1 rings (SSSR count). The Balaban J connectivity index is 2.64. The molecule has 0 aromatic rings. The normalized spacial score (nSPS) is 21.5. The Kier molecular flexibility index (Phi) is 5.96. The molecule has 0 bridgehead atoms.